The highest BCUT2D eigenvalue weighted by atomic mass is 16.3. The summed E-state index contributed by atoms with van der Waals surface area (Å²) in [6.45, 7) is 6.38. The summed E-state index contributed by atoms with van der Waals surface area (Å²) >= 11 is 0. The number of phenols is 1. The van der Waals surface area contributed by atoms with Crippen LogP contribution in [-0.4, -0.2) is 47.4 Å². The molecule has 2 aromatic carbocycles. The molecule has 2 N–H and O–H groups in total. The number of carbonyl (C=O) groups excluding carboxylic acids is 2. The van der Waals surface area contributed by atoms with Gasteiger partial charge in [0.1, 0.15) is 5.75 Å². The number of hydrogen-bond acceptors (Lipinski definition) is 4. The summed E-state index contributed by atoms with van der Waals surface area (Å²) in [6, 6.07) is 12.7. The zero-order valence-corrected chi connectivity index (χ0v) is 15.9. The highest BCUT2D eigenvalue weighted by Crippen LogP contribution is 2.26. The number of phenolic OH excluding ortho intramolecular Hbond substituents is 1. The van der Waals surface area contributed by atoms with E-state index in [-0.39, 0.29) is 17.4 Å². The molecule has 1 aliphatic rings. The van der Waals surface area contributed by atoms with Gasteiger partial charge in [-0.2, -0.15) is 0 Å². The number of carbonyl (C=O) groups is 2. The van der Waals surface area contributed by atoms with Gasteiger partial charge < -0.3 is 10.4 Å². The number of hydrogen-bond donors (Lipinski definition) is 2. The van der Waals surface area contributed by atoms with Crippen molar-refractivity contribution in [3.63, 3.8) is 0 Å². The zero-order valence-electron chi connectivity index (χ0n) is 15.9. The van der Waals surface area contributed by atoms with Gasteiger partial charge in [-0.25, -0.2) is 0 Å². The van der Waals surface area contributed by atoms with Gasteiger partial charge in [-0.3, -0.25) is 14.5 Å². The minimum atomic E-state index is -0.182. The molecule has 27 heavy (non-hydrogen) atoms. The molecular weight excluding hydrogens is 340 g/mol. The fourth-order valence-corrected chi connectivity index (χ4v) is 3.67. The van der Waals surface area contributed by atoms with Crippen LogP contribution in [0.1, 0.15) is 47.4 Å². The van der Waals surface area contributed by atoms with Gasteiger partial charge in [-0.1, -0.05) is 25.1 Å². The minimum Gasteiger partial charge on any atom is -0.507 e. The lowest BCUT2D eigenvalue weighted by Gasteiger charge is -2.22. The van der Waals surface area contributed by atoms with Crippen molar-refractivity contribution in [1.82, 2.24) is 10.2 Å². The fourth-order valence-electron chi connectivity index (χ4n) is 3.67. The normalized spacial score (nSPS) is 17.0. The zero-order chi connectivity index (χ0) is 19.4. The van der Waals surface area contributed by atoms with Gasteiger partial charge in [-0.05, 0) is 68.2 Å². The van der Waals surface area contributed by atoms with Gasteiger partial charge in [0.15, 0.2) is 5.78 Å². The topological polar surface area (TPSA) is 69.6 Å². The van der Waals surface area contributed by atoms with Crippen LogP contribution >= 0.6 is 0 Å². The predicted molar refractivity (Wildman–Crippen MR) is 106 cm³/mol. The standard InChI is InChI=1S/C22H26N2O3/c1-3-24-12-4-5-19(24)14-23-22(27)17-8-6-16(7-9-17)18-10-11-21(26)20(13-18)15(2)25/h6-11,13,19,26H,3-5,12,14H2,1-2H3,(H,23,27). The van der Waals surface area contributed by atoms with Crippen LogP contribution in [0.2, 0.25) is 0 Å². The fraction of sp³-hybridized carbons (Fsp3) is 0.364. The smallest absolute Gasteiger partial charge is 0.251 e. The Balaban J connectivity index is 1.67. The molecule has 1 fully saturated rings. The third kappa shape index (κ3) is 4.37. The Morgan fingerprint density at radius 2 is 1.85 bits per heavy atom. The van der Waals surface area contributed by atoms with E-state index in [1.807, 2.05) is 12.1 Å². The van der Waals surface area contributed by atoms with Crippen LogP contribution in [-0.2, 0) is 0 Å². The Labute approximate surface area is 160 Å². The maximum Gasteiger partial charge on any atom is 0.251 e. The number of nitrogens with zero attached hydrogens (tertiary/aromatic N) is 1. The predicted octanol–water partition coefficient (Wildman–Crippen LogP) is 3.48. The van der Waals surface area contributed by atoms with Crippen LogP contribution in [0.4, 0.5) is 0 Å². The minimum absolute atomic E-state index is 0.0183. The summed E-state index contributed by atoms with van der Waals surface area (Å²) in [5.74, 6) is -0.270. The first-order valence-corrected chi connectivity index (χ1v) is 9.46. The Bertz CT molecular complexity index is 830. The van der Waals surface area contributed by atoms with Crippen molar-refractivity contribution in [2.75, 3.05) is 19.6 Å². The van der Waals surface area contributed by atoms with Gasteiger partial charge in [0.2, 0.25) is 0 Å². The average molecular weight is 366 g/mol. The second-order valence-electron chi connectivity index (χ2n) is 7.00. The molecule has 0 bridgehead atoms. The molecule has 0 aliphatic carbocycles. The van der Waals surface area contributed by atoms with E-state index in [1.54, 1.807) is 24.3 Å². The Morgan fingerprint density at radius 1 is 1.15 bits per heavy atom. The first kappa shape index (κ1) is 19.1. The largest absolute Gasteiger partial charge is 0.507 e. The summed E-state index contributed by atoms with van der Waals surface area (Å²) in [5, 5.41) is 12.8. The van der Waals surface area contributed by atoms with Crippen molar-refractivity contribution in [2.45, 2.75) is 32.7 Å². The van der Waals surface area contributed by atoms with Gasteiger partial charge >= 0.3 is 0 Å². The molecule has 1 heterocycles. The van der Waals surface area contributed by atoms with Crippen LogP contribution in [0, 0.1) is 0 Å². The number of Topliss-reactive ketones (excluding diaryl/α,β-unsaturated/α-hetero) is 1. The number of rotatable bonds is 6. The van der Waals surface area contributed by atoms with Crippen molar-refractivity contribution >= 4 is 11.7 Å². The van der Waals surface area contributed by atoms with Crippen molar-refractivity contribution in [2.24, 2.45) is 0 Å². The molecule has 0 aromatic heterocycles. The van der Waals surface area contributed by atoms with Crippen LogP contribution < -0.4 is 5.32 Å². The van der Waals surface area contributed by atoms with Crippen LogP contribution in [0.3, 0.4) is 0 Å². The first-order chi connectivity index (χ1) is 13.0. The number of benzene rings is 2. The highest BCUT2D eigenvalue weighted by molar-refractivity contribution is 5.98. The third-order valence-corrected chi connectivity index (χ3v) is 5.26. The van der Waals surface area contributed by atoms with E-state index >= 15 is 0 Å². The Morgan fingerprint density at radius 3 is 2.52 bits per heavy atom. The van der Waals surface area contributed by atoms with Gasteiger partial charge in [-0.15, -0.1) is 0 Å². The van der Waals surface area contributed by atoms with Crippen molar-refractivity contribution < 1.29 is 14.7 Å². The molecule has 1 unspecified atom stereocenters. The summed E-state index contributed by atoms with van der Waals surface area (Å²) in [5.41, 5.74) is 2.63. The van der Waals surface area contributed by atoms with E-state index in [9.17, 15) is 14.7 Å². The van der Waals surface area contributed by atoms with Crippen LogP contribution in [0.5, 0.6) is 5.75 Å². The van der Waals surface area contributed by atoms with Crippen LogP contribution in [0.15, 0.2) is 42.5 Å². The molecule has 5 nitrogen and oxygen atoms in total. The van der Waals surface area contributed by atoms with E-state index in [2.05, 4.69) is 17.1 Å². The molecule has 142 valence electrons. The monoisotopic (exact) mass is 366 g/mol. The summed E-state index contributed by atoms with van der Waals surface area (Å²) < 4.78 is 0. The Kier molecular flexibility index (Phi) is 5.91. The SMILES string of the molecule is CCN1CCCC1CNC(=O)c1ccc(-c2ccc(O)c(C(C)=O)c2)cc1. The summed E-state index contributed by atoms with van der Waals surface area (Å²) in [4.78, 5) is 26.4. The number of ketones is 1. The van der Waals surface area contributed by atoms with Gasteiger partial charge in [0, 0.05) is 18.2 Å². The number of aromatic hydroxyl groups is 1. The average Bonchev–Trinajstić information content (AvgIpc) is 3.14. The molecule has 0 spiro atoms. The molecule has 1 aliphatic heterocycles. The lowest BCUT2D eigenvalue weighted by molar-refractivity contribution is 0.0940. The summed E-state index contributed by atoms with van der Waals surface area (Å²) in [7, 11) is 0. The van der Waals surface area contributed by atoms with Crippen molar-refractivity contribution in [1.29, 1.82) is 0 Å². The second-order valence-corrected chi connectivity index (χ2v) is 7.00. The maximum atomic E-state index is 12.4. The number of nitrogens with one attached hydrogen (secondary N) is 1. The van der Waals surface area contributed by atoms with Crippen LogP contribution in [0.25, 0.3) is 11.1 Å². The van der Waals surface area contributed by atoms with Gasteiger partial charge in [0.05, 0.1) is 5.56 Å². The van der Waals surface area contributed by atoms with E-state index in [4.69, 9.17) is 0 Å². The van der Waals surface area contributed by atoms with Crippen molar-refractivity contribution in [3.8, 4) is 16.9 Å². The maximum absolute atomic E-state index is 12.4. The molecule has 0 radical (unpaired) electrons. The number of likely N-dealkylation sites (N-methyl/N-ethyl adjacent to an activating group) is 1. The molecule has 1 saturated heterocycles. The number of likely N-dealkylation sites (tertiary alicyclic amines) is 1. The second kappa shape index (κ2) is 8.35. The molecule has 3 rings (SSSR count). The highest BCUT2D eigenvalue weighted by Gasteiger charge is 2.23. The third-order valence-electron chi connectivity index (χ3n) is 5.26. The molecular formula is C22H26N2O3. The molecule has 1 atom stereocenters. The Hall–Kier alpha value is -2.66. The summed E-state index contributed by atoms with van der Waals surface area (Å²) in [6.07, 6.45) is 2.32. The van der Waals surface area contributed by atoms with E-state index < -0.39 is 0 Å². The van der Waals surface area contributed by atoms with E-state index in [0.29, 0.717) is 23.7 Å². The molecule has 0 saturated carbocycles. The molecule has 1 amide bonds. The van der Waals surface area contributed by atoms with E-state index in [0.717, 1.165) is 30.6 Å². The molecule has 2 aromatic rings. The lowest BCUT2D eigenvalue weighted by atomic mass is 9.99. The lowest BCUT2D eigenvalue weighted by Crippen LogP contribution is -2.40. The number of amides is 1. The quantitative estimate of drug-likeness (QED) is 0.768. The van der Waals surface area contributed by atoms with E-state index in [1.165, 1.54) is 19.4 Å². The molecule has 5 heteroatoms. The van der Waals surface area contributed by atoms with Crippen molar-refractivity contribution in [3.05, 3.63) is 53.6 Å². The first-order valence-electron chi connectivity index (χ1n) is 9.46. The van der Waals surface area contributed by atoms with Gasteiger partial charge in [0.25, 0.3) is 5.91 Å².